The van der Waals surface area contributed by atoms with Crippen molar-refractivity contribution in [2.45, 2.75) is 25.4 Å². The molecular formula is C15H23FN2O2. The van der Waals surface area contributed by atoms with Crippen LogP contribution in [0.25, 0.3) is 0 Å². The number of hydrogen-bond donors (Lipinski definition) is 1. The maximum absolute atomic E-state index is 13.9. The SMILES string of the molecule is CCC1COCCN1C(CN)c1ccc(OC)c(F)c1. The topological polar surface area (TPSA) is 47.7 Å². The zero-order valence-corrected chi connectivity index (χ0v) is 12.1. The largest absolute Gasteiger partial charge is 0.494 e. The van der Waals surface area contributed by atoms with Crippen LogP contribution in [0.15, 0.2) is 18.2 Å². The van der Waals surface area contributed by atoms with Gasteiger partial charge in [0.15, 0.2) is 11.6 Å². The third-order valence-electron chi connectivity index (χ3n) is 3.93. The third kappa shape index (κ3) is 3.11. The number of morpholine rings is 1. The fourth-order valence-corrected chi connectivity index (χ4v) is 2.78. The molecule has 2 N–H and O–H groups in total. The highest BCUT2D eigenvalue weighted by Gasteiger charge is 2.29. The number of ether oxygens (including phenoxy) is 2. The highest BCUT2D eigenvalue weighted by atomic mass is 19.1. The first-order chi connectivity index (χ1) is 9.71. The fraction of sp³-hybridized carbons (Fsp3) is 0.600. The number of hydrogen-bond acceptors (Lipinski definition) is 4. The van der Waals surface area contributed by atoms with Gasteiger partial charge in [-0.25, -0.2) is 4.39 Å². The predicted molar refractivity (Wildman–Crippen MR) is 76.4 cm³/mol. The van der Waals surface area contributed by atoms with E-state index in [0.29, 0.717) is 25.8 Å². The molecule has 1 aliphatic heterocycles. The van der Waals surface area contributed by atoms with Gasteiger partial charge in [0.05, 0.1) is 20.3 Å². The van der Waals surface area contributed by atoms with E-state index in [1.807, 2.05) is 6.07 Å². The molecule has 2 atom stereocenters. The van der Waals surface area contributed by atoms with Crippen LogP contribution in [0, 0.1) is 5.82 Å². The van der Waals surface area contributed by atoms with Gasteiger partial charge < -0.3 is 15.2 Å². The molecular weight excluding hydrogens is 259 g/mol. The minimum absolute atomic E-state index is 0.0178. The standard InChI is InChI=1S/C15H23FN2O2/c1-3-12-10-20-7-6-18(12)14(9-17)11-4-5-15(19-2)13(16)8-11/h4-5,8,12,14H,3,6-7,9-10,17H2,1-2H3. The van der Waals surface area contributed by atoms with Crippen molar-refractivity contribution >= 4 is 0 Å². The normalized spacial score (nSPS) is 21.7. The van der Waals surface area contributed by atoms with Gasteiger partial charge in [-0.3, -0.25) is 4.90 Å². The van der Waals surface area contributed by atoms with Crippen LogP contribution < -0.4 is 10.5 Å². The molecule has 2 rings (SSSR count). The maximum Gasteiger partial charge on any atom is 0.165 e. The summed E-state index contributed by atoms with van der Waals surface area (Å²) >= 11 is 0. The summed E-state index contributed by atoms with van der Waals surface area (Å²) in [6, 6.07) is 5.43. The quantitative estimate of drug-likeness (QED) is 0.896. The number of halogens is 1. The number of rotatable bonds is 5. The van der Waals surface area contributed by atoms with Crippen LogP contribution in [-0.2, 0) is 4.74 Å². The molecule has 1 saturated heterocycles. The van der Waals surface area contributed by atoms with E-state index in [2.05, 4.69) is 11.8 Å². The van der Waals surface area contributed by atoms with Gasteiger partial charge >= 0.3 is 0 Å². The Morgan fingerprint density at radius 3 is 2.95 bits per heavy atom. The van der Waals surface area contributed by atoms with Gasteiger partial charge in [-0.2, -0.15) is 0 Å². The Morgan fingerprint density at radius 1 is 1.55 bits per heavy atom. The number of nitrogens with two attached hydrogens (primary N) is 1. The first-order valence-electron chi connectivity index (χ1n) is 7.08. The van der Waals surface area contributed by atoms with Gasteiger partial charge in [0.25, 0.3) is 0 Å². The molecule has 0 bridgehead atoms. The number of benzene rings is 1. The van der Waals surface area contributed by atoms with Gasteiger partial charge in [-0.15, -0.1) is 0 Å². The second-order valence-electron chi connectivity index (χ2n) is 5.02. The summed E-state index contributed by atoms with van der Waals surface area (Å²) in [6.07, 6.45) is 0.995. The predicted octanol–water partition coefficient (Wildman–Crippen LogP) is 1.94. The fourth-order valence-electron chi connectivity index (χ4n) is 2.78. The minimum atomic E-state index is -0.343. The Balaban J connectivity index is 2.24. The molecule has 0 aliphatic carbocycles. The van der Waals surface area contributed by atoms with Crippen molar-refractivity contribution in [1.82, 2.24) is 4.90 Å². The number of methoxy groups -OCH3 is 1. The van der Waals surface area contributed by atoms with E-state index in [1.165, 1.54) is 13.2 Å². The molecule has 5 heteroatoms. The van der Waals surface area contributed by atoms with Crippen molar-refractivity contribution in [2.24, 2.45) is 5.73 Å². The summed E-state index contributed by atoms with van der Waals surface area (Å²) in [5, 5.41) is 0. The van der Waals surface area contributed by atoms with Gasteiger partial charge in [0.1, 0.15) is 0 Å². The van der Waals surface area contributed by atoms with Crippen LogP contribution in [0.5, 0.6) is 5.75 Å². The first-order valence-corrected chi connectivity index (χ1v) is 7.08. The van der Waals surface area contributed by atoms with Gasteiger partial charge in [-0.05, 0) is 24.1 Å². The minimum Gasteiger partial charge on any atom is -0.494 e. The average Bonchev–Trinajstić information content (AvgIpc) is 2.49. The Morgan fingerprint density at radius 2 is 2.35 bits per heavy atom. The Bertz CT molecular complexity index is 442. The lowest BCUT2D eigenvalue weighted by Crippen LogP contribution is -2.48. The molecule has 112 valence electrons. The zero-order chi connectivity index (χ0) is 14.5. The molecule has 0 spiro atoms. The summed E-state index contributed by atoms with van der Waals surface area (Å²) in [4.78, 5) is 2.32. The van der Waals surface area contributed by atoms with Crippen molar-refractivity contribution in [2.75, 3.05) is 33.4 Å². The van der Waals surface area contributed by atoms with Crippen LogP contribution in [-0.4, -0.2) is 44.4 Å². The Labute approximate surface area is 119 Å². The van der Waals surface area contributed by atoms with Crippen LogP contribution >= 0.6 is 0 Å². The lowest BCUT2D eigenvalue weighted by molar-refractivity contribution is -0.0291. The van der Waals surface area contributed by atoms with Crippen molar-refractivity contribution in [3.8, 4) is 5.75 Å². The van der Waals surface area contributed by atoms with E-state index in [4.69, 9.17) is 15.2 Å². The number of nitrogens with zero attached hydrogens (tertiary/aromatic N) is 1. The van der Waals surface area contributed by atoms with E-state index in [1.54, 1.807) is 6.07 Å². The molecule has 4 nitrogen and oxygen atoms in total. The molecule has 20 heavy (non-hydrogen) atoms. The molecule has 0 amide bonds. The van der Waals surface area contributed by atoms with Gasteiger partial charge in [-0.1, -0.05) is 13.0 Å². The summed E-state index contributed by atoms with van der Waals surface area (Å²) in [5.41, 5.74) is 6.83. The van der Waals surface area contributed by atoms with Gasteiger partial charge in [0.2, 0.25) is 0 Å². The van der Waals surface area contributed by atoms with Crippen LogP contribution in [0.2, 0.25) is 0 Å². The van der Waals surface area contributed by atoms with E-state index in [-0.39, 0.29) is 17.6 Å². The van der Waals surface area contributed by atoms with E-state index < -0.39 is 0 Å². The highest BCUT2D eigenvalue weighted by Crippen LogP contribution is 2.28. The summed E-state index contributed by atoms with van der Waals surface area (Å²) in [6.45, 7) is 4.84. The Kier molecular flexibility index (Phi) is 5.34. The van der Waals surface area contributed by atoms with E-state index in [9.17, 15) is 4.39 Å². The summed E-state index contributed by atoms with van der Waals surface area (Å²) in [7, 11) is 1.47. The molecule has 0 saturated carbocycles. The van der Waals surface area contributed by atoms with Crippen molar-refractivity contribution in [3.63, 3.8) is 0 Å². The van der Waals surface area contributed by atoms with Crippen molar-refractivity contribution in [1.29, 1.82) is 0 Å². The van der Waals surface area contributed by atoms with Crippen LogP contribution in [0.1, 0.15) is 24.9 Å². The lowest BCUT2D eigenvalue weighted by atomic mass is 10.0. The third-order valence-corrected chi connectivity index (χ3v) is 3.93. The summed E-state index contributed by atoms with van der Waals surface area (Å²) in [5.74, 6) is -0.0803. The summed E-state index contributed by atoms with van der Waals surface area (Å²) < 4.78 is 24.4. The Hall–Kier alpha value is -1.17. The molecule has 1 aliphatic rings. The molecule has 2 unspecified atom stereocenters. The van der Waals surface area contributed by atoms with Crippen LogP contribution in [0.4, 0.5) is 4.39 Å². The molecule has 1 aromatic carbocycles. The maximum atomic E-state index is 13.9. The second kappa shape index (κ2) is 7.02. The smallest absolute Gasteiger partial charge is 0.165 e. The molecule has 0 radical (unpaired) electrons. The zero-order valence-electron chi connectivity index (χ0n) is 12.1. The van der Waals surface area contributed by atoms with Crippen molar-refractivity contribution in [3.05, 3.63) is 29.6 Å². The van der Waals surface area contributed by atoms with Crippen molar-refractivity contribution < 1.29 is 13.9 Å². The second-order valence-corrected chi connectivity index (χ2v) is 5.02. The lowest BCUT2D eigenvalue weighted by Gasteiger charge is -2.40. The molecule has 1 aromatic rings. The van der Waals surface area contributed by atoms with E-state index in [0.717, 1.165) is 18.5 Å². The molecule has 1 heterocycles. The van der Waals surface area contributed by atoms with Gasteiger partial charge in [0, 0.05) is 25.2 Å². The highest BCUT2D eigenvalue weighted by molar-refractivity contribution is 5.31. The monoisotopic (exact) mass is 282 g/mol. The average molecular weight is 282 g/mol. The first kappa shape index (κ1) is 15.2. The molecule has 0 aromatic heterocycles. The van der Waals surface area contributed by atoms with E-state index >= 15 is 0 Å². The van der Waals surface area contributed by atoms with Crippen LogP contribution in [0.3, 0.4) is 0 Å². The molecule has 1 fully saturated rings.